The zero-order chi connectivity index (χ0) is 11.9. The maximum absolute atomic E-state index is 11.4. The van der Waals surface area contributed by atoms with Gasteiger partial charge in [-0.15, -0.1) is 0 Å². The molecule has 2 amide bonds. The Morgan fingerprint density at radius 2 is 2.35 bits per heavy atom. The summed E-state index contributed by atoms with van der Waals surface area (Å²) >= 11 is 0. The fraction of sp³-hybridized carbons (Fsp3) is 0.600. The molecule has 0 atom stereocenters. The van der Waals surface area contributed by atoms with Crippen molar-refractivity contribution in [2.24, 2.45) is 0 Å². The number of amides is 2. The molecule has 7 nitrogen and oxygen atoms in total. The zero-order valence-corrected chi connectivity index (χ0v) is 9.61. The number of carbonyl (C=O) groups is 1. The number of nitrogens with one attached hydrogen (secondary N) is 3. The summed E-state index contributed by atoms with van der Waals surface area (Å²) in [5.41, 5.74) is 0. The zero-order valence-electron chi connectivity index (χ0n) is 9.61. The Kier molecular flexibility index (Phi) is 4.34. The minimum Gasteiger partial charge on any atom is -0.363 e. The highest BCUT2D eigenvalue weighted by atomic mass is 16.5. The van der Waals surface area contributed by atoms with Crippen LogP contribution >= 0.6 is 0 Å². The molecular formula is C10H17N5O2. The van der Waals surface area contributed by atoms with Gasteiger partial charge in [-0.1, -0.05) is 5.16 Å². The fourth-order valence-electron chi connectivity index (χ4n) is 1.70. The van der Waals surface area contributed by atoms with Gasteiger partial charge in [0.25, 0.3) is 0 Å². The van der Waals surface area contributed by atoms with Gasteiger partial charge in [0.2, 0.25) is 0 Å². The van der Waals surface area contributed by atoms with Crippen molar-refractivity contribution in [3.8, 4) is 0 Å². The molecule has 1 saturated heterocycles. The number of urea groups is 1. The van der Waals surface area contributed by atoms with Crippen LogP contribution in [-0.2, 0) is 0 Å². The summed E-state index contributed by atoms with van der Waals surface area (Å²) in [6.07, 6.45) is 1.41. The highest BCUT2D eigenvalue weighted by molar-refractivity contribution is 5.87. The van der Waals surface area contributed by atoms with Crippen molar-refractivity contribution in [1.82, 2.24) is 20.7 Å². The molecule has 0 unspecified atom stereocenters. The lowest BCUT2D eigenvalue weighted by molar-refractivity contribution is 0.233. The highest BCUT2D eigenvalue weighted by Gasteiger charge is 2.09. The lowest BCUT2D eigenvalue weighted by Crippen LogP contribution is -2.46. The molecule has 3 N–H and O–H groups in total. The second-order valence-corrected chi connectivity index (χ2v) is 3.86. The molecule has 2 rings (SSSR count). The monoisotopic (exact) mass is 239 g/mol. The number of nitrogens with zero attached hydrogens (tertiary/aromatic N) is 2. The van der Waals surface area contributed by atoms with Crippen LogP contribution in [0.4, 0.5) is 10.6 Å². The third kappa shape index (κ3) is 4.04. The average Bonchev–Trinajstić information content (AvgIpc) is 2.83. The number of hydrogen-bond donors (Lipinski definition) is 3. The Balaban J connectivity index is 1.59. The smallest absolute Gasteiger partial charge is 0.320 e. The predicted octanol–water partition coefficient (Wildman–Crippen LogP) is -0.299. The van der Waals surface area contributed by atoms with Crippen molar-refractivity contribution in [2.45, 2.75) is 0 Å². The van der Waals surface area contributed by atoms with E-state index in [4.69, 9.17) is 0 Å². The van der Waals surface area contributed by atoms with E-state index in [0.717, 1.165) is 32.7 Å². The van der Waals surface area contributed by atoms with E-state index in [1.807, 2.05) is 0 Å². The molecule has 0 bridgehead atoms. The maximum Gasteiger partial charge on any atom is 0.320 e. The van der Waals surface area contributed by atoms with Crippen LogP contribution in [0.2, 0.25) is 0 Å². The molecular weight excluding hydrogens is 222 g/mol. The average molecular weight is 239 g/mol. The molecule has 94 valence electrons. The topological polar surface area (TPSA) is 82.4 Å². The molecule has 0 aliphatic carbocycles. The normalized spacial score (nSPS) is 16.7. The van der Waals surface area contributed by atoms with Crippen molar-refractivity contribution in [2.75, 3.05) is 44.6 Å². The highest BCUT2D eigenvalue weighted by Crippen LogP contribution is 1.99. The quantitative estimate of drug-likeness (QED) is 0.672. The van der Waals surface area contributed by atoms with E-state index >= 15 is 0 Å². The van der Waals surface area contributed by atoms with Crippen molar-refractivity contribution < 1.29 is 9.32 Å². The summed E-state index contributed by atoms with van der Waals surface area (Å²) in [5, 5.41) is 12.2. The SMILES string of the molecule is O=C(NCCN1CCNCC1)Nc1ccon1. The molecule has 0 saturated carbocycles. The van der Waals surface area contributed by atoms with Gasteiger partial charge in [0.05, 0.1) is 0 Å². The summed E-state index contributed by atoms with van der Waals surface area (Å²) in [4.78, 5) is 13.7. The third-order valence-corrected chi connectivity index (χ3v) is 2.60. The van der Waals surface area contributed by atoms with Crippen LogP contribution < -0.4 is 16.0 Å². The van der Waals surface area contributed by atoms with Crippen LogP contribution in [0.1, 0.15) is 0 Å². The largest absolute Gasteiger partial charge is 0.363 e. The van der Waals surface area contributed by atoms with Gasteiger partial charge in [-0.05, 0) is 0 Å². The van der Waals surface area contributed by atoms with Crippen LogP contribution in [0.15, 0.2) is 16.9 Å². The maximum atomic E-state index is 11.4. The van der Waals surface area contributed by atoms with Gasteiger partial charge in [0.15, 0.2) is 5.82 Å². The first-order valence-corrected chi connectivity index (χ1v) is 5.73. The number of aromatic nitrogens is 1. The number of carbonyl (C=O) groups excluding carboxylic acids is 1. The molecule has 2 heterocycles. The summed E-state index contributed by atoms with van der Waals surface area (Å²) in [6.45, 7) is 5.60. The van der Waals surface area contributed by atoms with E-state index < -0.39 is 0 Å². The molecule has 1 aliphatic heterocycles. The molecule has 1 fully saturated rings. The van der Waals surface area contributed by atoms with Crippen LogP contribution in [-0.4, -0.2) is 55.4 Å². The summed E-state index contributed by atoms with van der Waals surface area (Å²) < 4.78 is 4.61. The van der Waals surface area contributed by atoms with Gasteiger partial charge >= 0.3 is 6.03 Å². The van der Waals surface area contributed by atoms with Gasteiger partial charge in [-0.2, -0.15) is 0 Å². The number of hydrogen-bond acceptors (Lipinski definition) is 5. The van der Waals surface area contributed by atoms with Crippen LogP contribution in [0.5, 0.6) is 0 Å². The van der Waals surface area contributed by atoms with E-state index in [1.165, 1.54) is 6.26 Å². The minimum absolute atomic E-state index is 0.256. The Morgan fingerprint density at radius 1 is 1.53 bits per heavy atom. The van der Waals surface area contributed by atoms with E-state index in [2.05, 4.69) is 30.5 Å². The second-order valence-electron chi connectivity index (χ2n) is 3.86. The van der Waals surface area contributed by atoms with Gasteiger partial charge in [-0.3, -0.25) is 10.2 Å². The Bertz CT molecular complexity index is 334. The Hall–Kier alpha value is -1.60. The summed E-state index contributed by atoms with van der Waals surface area (Å²) in [7, 11) is 0. The second kappa shape index (κ2) is 6.21. The molecule has 1 aliphatic rings. The van der Waals surface area contributed by atoms with Gasteiger partial charge in [0.1, 0.15) is 6.26 Å². The lowest BCUT2D eigenvalue weighted by Gasteiger charge is -2.26. The van der Waals surface area contributed by atoms with Gasteiger partial charge in [0, 0.05) is 45.3 Å². The Morgan fingerprint density at radius 3 is 3.06 bits per heavy atom. The summed E-state index contributed by atoms with van der Waals surface area (Å²) in [6, 6.07) is 1.34. The molecule has 0 radical (unpaired) electrons. The number of piperazine rings is 1. The third-order valence-electron chi connectivity index (χ3n) is 2.60. The molecule has 0 aromatic carbocycles. The first-order valence-electron chi connectivity index (χ1n) is 5.73. The van der Waals surface area contributed by atoms with Crippen LogP contribution in [0.25, 0.3) is 0 Å². The van der Waals surface area contributed by atoms with Crippen molar-refractivity contribution in [3.63, 3.8) is 0 Å². The molecule has 1 aromatic rings. The molecule has 17 heavy (non-hydrogen) atoms. The van der Waals surface area contributed by atoms with Crippen LogP contribution in [0, 0.1) is 0 Å². The molecule has 7 heteroatoms. The predicted molar refractivity (Wildman–Crippen MR) is 62.8 cm³/mol. The van der Waals surface area contributed by atoms with Gasteiger partial charge in [-0.25, -0.2) is 4.79 Å². The van der Waals surface area contributed by atoms with Gasteiger partial charge < -0.3 is 15.2 Å². The van der Waals surface area contributed by atoms with E-state index in [-0.39, 0.29) is 6.03 Å². The number of rotatable bonds is 4. The van der Waals surface area contributed by atoms with Crippen molar-refractivity contribution in [1.29, 1.82) is 0 Å². The first kappa shape index (κ1) is 11.9. The lowest BCUT2D eigenvalue weighted by atomic mass is 10.3. The minimum atomic E-state index is -0.256. The standard InChI is InChI=1S/C10H17N5O2/c16-10(13-9-1-8-17-14-9)12-4-7-15-5-2-11-3-6-15/h1,8,11H,2-7H2,(H2,12,13,14,16). The van der Waals surface area contributed by atoms with E-state index in [1.54, 1.807) is 6.07 Å². The van der Waals surface area contributed by atoms with Crippen molar-refractivity contribution in [3.05, 3.63) is 12.3 Å². The molecule has 0 spiro atoms. The molecule has 1 aromatic heterocycles. The first-order chi connectivity index (χ1) is 8.34. The fourth-order valence-corrected chi connectivity index (χ4v) is 1.70. The Labute approximate surface area is 99.5 Å². The van der Waals surface area contributed by atoms with Crippen molar-refractivity contribution >= 4 is 11.8 Å². The summed E-state index contributed by atoms with van der Waals surface area (Å²) in [5.74, 6) is 0.421. The van der Waals surface area contributed by atoms with E-state index in [9.17, 15) is 4.79 Å². The number of anilines is 1. The van der Waals surface area contributed by atoms with Crippen LogP contribution in [0.3, 0.4) is 0 Å². The van der Waals surface area contributed by atoms with E-state index in [0.29, 0.717) is 12.4 Å².